The number of rotatable bonds is 5. The Labute approximate surface area is 124 Å². The van der Waals surface area contributed by atoms with Crippen molar-refractivity contribution < 1.29 is 9.53 Å². The second-order valence-electron chi connectivity index (χ2n) is 5.11. The highest BCUT2D eigenvalue weighted by atomic mass is 16.5. The fourth-order valence-corrected chi connectivity index (χ4v) is 2.76. The number of carbonyl (C=O) groups excluding carboxylic acids is 1. The van der Waals surface area contributed by atoms with Crippen LogP contribution in [-0.4, -0.2) is 25.1 Å². The molecule has 0 aliphatic carbocycles. The van der Waals surface area contributed by atoms with Gasteiger partial charge in [-0.05, 0) is 23.8 Å². The predicted molar refractivity (Wildman–Crippen MR) is 82.4 cm³/mol. The zero-order valence-corrected chi connectivity index (χ0v) is 11.7. The molecule has 1 amide bonds. The first-order chi connectivity index (χ1) is 10.3. The summed E-state index contributed by atoms with van der Waals surface area (Å²) in [6.45, 7) is 1.15. The van der Waals surface area contributed by atoms with Gasteiger partial charge < -0.3 is 15.4 Å². The standard InChI is InChI=1S/C17H18N2O2/c18-17(20)16-12-13-6-4-5-9-15(13)19(16)10-11-21-14-7-2-1-3-8-14/h1-9,16H,10-12H2,(H2,18,20)/t16-/m0/s1. The Morgan fingerprint density at radius 2 is 1.86 bits per heavy atom. The third-order valence-electron chi connectivity index (χ3n) is 3.76. The number of carbonyl (C=O) groups is 1. The van der Waals surface area contributed by atoms with Gasteiger partial charge in [0.25, 0.3) is 0 Å². The van der Waals surface area contributed by atoms with E-state index in [-0.39, 0.29) is 11.9 Å². The summed E-state index contributed by atoms with van der Waals surface area (Å²) >= 11 is 0. The first-order valence-corrected chi connectivity index (χ1v) is 7.07. The molecule has 3 rings (SSSR count). The van der Waals surface area contributed by atoms with Gasteiger partial charge in [-0.3, -0.25) is 4.79 Å². The highest BCUT2D eigenvalue weighted by molar-refractivity contribution is 5.86. The van der Waals surface area contributed by atoms with Crippen LogP contribution in [0.2, 0.25) is 0 Å². The molecule has 0 radical (unpaired) electrons. The minimum atomic E-state index is -0.286. The number of amides is 1. The summed E-state index contributed by atoms with van der Waals surface area (Å²) in [5, 5.41) is 0. The lowest BCUT2D eigenvalue weighted by atomic mass is 10.1. The molecular formula is C17H18N2O2. The molecule has 1 aliphatic heterocycles. The smallest absolute Gasteiger partial charge is 0.240 e. The number of nitrogens with zero attached hydrogens (tertiary/aromatic N) is 1. The molecular weight excluding hydrogens is 264 g/mol. The first kappa shape index (κ1) is 13.5. The average molecular weight is 282 g/mol. The number of hydrogen-bond donors (Lipinski definition) is 1. The van der Waals surface area contributed by atoms with Crippen LogP contribution in [0, 0.1) is 0 Å². The van der Waals surface area contributed by atoms with E-state index < -0.39 is 0 Å². The zero-order chi connectivity index (χ0) is 14.7. The fraction of sp³-hybridized carbons (Fsp3) is 0.235. The van der Waals surface area contributed by atoms with Gasteiger partial charge in [-0.2, -0.15) is 0 Å². The number of fused-ring (bicyclic) bond motifs is 1. The molecule has 2 aromatic rings. The molecule has 1 heterocycles. The Morgan fingerprint density at radius 3 is 2.62 bits per heavy atom. The molecule has 1 aliphatic rings. The molecule has 2 aromatic carbocycles. The highest BCUT2D eigenvalue weighted by Crippen LogP contribution is 2.31. The Morgan fingerprint density at radius 1 is 1.14 bits per heavy atom. The van der Waals surface area contributed by atoms with Crippen molar-refractivity contribution in [2.24, 2.45) is 5.73 Å². The lowest BCUT2D eigenvalue weighted by molar-refractivity contribution is -0.119. The van der Waals surface area contributed by atoms with Gasteiger partial charge in [0.15, 0.2) is 0 Å². The number of ether oxygens (including phenoxy) is 1. The van der Waals surface area contributed by atoms with Crippen molar-refractivity contribution in [2.45, 2.75) is 12.5 Å². The van der Waals surface area contributed by atoms with Gasteiger partial charge >= 0.3 is 0 Å². The monoisotopic (exact) mass is 282 g/mol. The van der Waals surface area contributed by atoms with E-state index >= 15 is 0 Å². The molecule has 0 aromatic heterocycles. The van der Waals surface area contributed by atoms with Gasteiger partial charge in [-0.25, -0.2) is 0 Å². The van der Waals surface area contributed by atoms with Gasteiger partial charge in [0.05, 0.1) is 6.54 Å². The van der Waals surface area contributed by atoms with Gasteiger partial charge in [0, 0.05) is 12.1 Å². The minimum absolute atomic E-state index is 0.276. The van der Waals surface area contributed by atoms with Crippen molar-refractivity contribution in [1.82, 2.24) is 0 Å². The third kappa shape index (κ3) is 2.84. The van der Waals surface area contributed by atoms with E-state index in [1.165, 1.54) is 5.56 Å². The van der Waals surface area contributed by atoms with E-state index in [4.69, 9.17) is 10.5 Å². The molecule has 0 spiro atoms. The molecule has 0 fully saturated rings. The van der Waals surface area contributed by atoms with Crippen molar-refractivity contribution in [1.29, 1.82) is 0 Å². The van der Waals surface area contributed by atoms with Crippen molar-refractivity contribution >= 4 is 11.6 Å². The number of primary amides is 1. The number of nitrogens with two attached hydrogens (primary N) is 1. The zero-order valence-electron chi connectivity index (χ0n) is 11.7. The van der Waals surface area contributed by atoms with Crippen LogP contribution in [0.4, 0.5) is 5.69 Å². The van der Waals surface area contributed by atoms with Crippen LogP contribution in [-0.2, 0) is 11.2 Å². The normalized spacial score (nSPS) is 16.6. The van der Waals surface area contributed by atoms with E-state index in [2.05, 4.69) is 0 Å². The van der Waals surface area contributed by atoms with Crippen molar-refractivity contribution in [3.63, 3.8) is 0 Å². The fourth-order valence-electron chi connectivity index (χ4n) is 2.76. The molecule has 0 unspecified atom stereocenters. The number of benzene rings is 2. The Kier molecular flexibility index (Phi) is 3.77. The van der Waals surface area contributed by atoms with Crippen LogP contribution in [0.25, 0.3) is 0 Å². The lowest BCUT2D eigenvalue weighted by Gasteiger charge is -2.25. The average Bonchev–Trinajstić information content (AvgIpc) is 2.88. The summed E-state index contributed by atoms with van der Waals surface area (Å²) in [5.41, 5.74) is 7.78. The molecule has 0 saturated carbocycles. The molecule has 0 saturated heterocycles. The SMILES string of the molecule is NC(=O)[C@@H]1Cc2ccccc2N1CCOc1ccccc1. The van der Waals surface area contributed by atoms with Gasteiger partial charge in [0.2, 0.25) is 5.91 Å². The maximum Gasteiger partial charge on any atom is 0.240 e. The Balaban J connectivity index is 1.69. The maximum absolute atomic E-state index is 11.7. The predicted octanol–water partition coefficient (Wildman–Crippen LogP) is 1.98. The van der Waals surface area contributed by atoms with Crippen molar-refractivity contribution in [3.8, 4) is 5.75 Å². The van der Waals surface area contributed by atoms with Crippen LogP contribution in [0.3, 0.4) is 0 Å². The molecule has 108 valence electrons. The summed E-state index contributed by atoms with van der Waals surface area (Å²) in [7, 11) is 0. The topological polar surface area (TPSA) is 55.6 Å². The van der Waals surface area contributed by atoms with Crippen LogP contribution >= 0.6 is 0 Å². The summed E-state index contributed by atoms with van der Waals surface area (Å²) in [5.74, 6) is 0.548. The van der Waals surface area contributed by atoms with Crippen molar-refractivity contribution in [3.05, 3.63) is 60.2 Å². The van der Waals surface area contributed by atoms with E-state index in [1.54, 1.807) is 0 Å². The highest BCUT2D eigenvalue weighted by Gasteiger charge is 2.32. The summed E-state index contributed by atoms with van der Waals surface area (Å²) < 4.78 is 5.72. The van der Waals surface area contributed by atoms with Gasteiger partial charge in [-0.1, -0.05) is 36.4 Å². The number of para-hydroxylation sites is 2. The van der Waals surface area contributed by atoms with E-state index in [0.717, 1.165) is 11.4 Å². The second-order valence-corrected chi connectivity index (χ2v) is 5.11. The first-order valence-electron chi connectivity index (χ1n) is 7.07. The van der Waals surface area contributed by atoms with E-state index in [0.29, 0.717) is 19.6 Å². The Bertz CT molecular complexity index is 628. The van der Waals surface area contributed by atoms with E-state index in [1.807, 2.05) is 59.5 Å². The quantitative estimate of drug-likeness (QED) is 0.912. The van der Waals surface area contributed by atoms with Crippen molar-refractivity contribution in [2.75, 3.05) is 18.1 Å². The minimum Gasteiger partial charge on any atom is -0.492 e. The molecule has 0 bridgehead atoms. The third-order valence-corrected chi connectivity index (χ3v) is 3.76. The molecule has 4 nitrogen and oxygen atoms in total. The largest absolute Gasteiger partial charge is 0.492 e. The van der Waals surface area contributed by atoms with Crippen LogP contribution in [0.5, 0.6) is 5.75 Å². The Hall–Kier alpha value is -2.49. The second kappa shape index (κ2) is 5.87. The molecule has 1 atom stereocenters. The van der Waals surface area contributed by atoms with E-state index in [9.17, 15) is 4.79 Å². The molecule has 21 heavy (non-hydrogen) atoms. The summed E-state index contributed by atoms with van der Waals surface area (Å²) in [6.07, 6.45) is 0.677. The van der Waals surface area contributed by atoms with Crippen LogP contribution in [0.15, 0.2) is 54.6 Å². The van der Waals surface area contributed by atoms with Gasteiger partial charge in [0.1, 0.15) is 18.4 Å². The molecule has 4 heteroatoms. The maximum atomic E-state index is 11.7. The summed E-state index contributed by atoms with van der Waals surface area (Å²) in [6, 6.07) is 17.4. The van der Waals surface area contributed by atoms with Crippen LogP contribution in [0.1, 0.15) is 5.56 Å². The number of anilines is 1. The summed E-state index contributed by atoms with van der Waals surface area (Å²) in [4.78, 5) is 13.7. The van der Waals surface area contributed by atoms with Crippen LogP contribution < -0.4 is 15.4 Å². The number of hydrogen-bond acceptors (Lipinski definition) is 3. The lowest BCUT2D eigenvalue weighted by Crippen LogP contribution is -2.44. The van der Waals surface area contributed by atoms with Gasteiger partial charge in [-0.15, -0.1) is 0 Å². The molecule has 2 N–H and O–H groups in total.